The molecule has 0 radical (unpaired) electrons. The van der Waals surface area contributed by atoms with E-state index in [0.29, 0.717) is 49.7 Å². The van der Waals surface area contributed by atoms with E-state index >= 15 is 0 Å². The number of aromatic nitrogens is 2. The maximum atomic E-state index is 12.7. The van der Waals surface area contributed by atoms with Crippen LogP contribution in [0.25, 0.3) is 0 Å². The molecule has 1 aromatic heterocycles. The molecule has 0 atom stereocenters. The number of morpholine rings is 1. The van der Waals surface area contributed by atoms with E-state index in [0.717, 1.165) is 24.6 Å². The summed E-state index contributed by atoms with van der Waals surface area (Å²) >= 11 is 7.46. The summed E-state index contributed by atoms with van der Waals surface area (Å²) in [5, 5.41) is 11.6. The van der Waals surface area contributed by atoms with Crippen molar-refractivity contribution in [3.63, 3.8) is 0 Å². The first-order chi connectivity index (χ1) is 15.5. The van der Waals surface area contributed by atoms with Crippen LogP contribution in [0.1, 0.15) is 0 Å². The highest BCUT2D eigenvalue weighted by Crippen LogP contribution is 2.24. The minimum atomic E-state index is -0.411. The number of hydrogen-bond acceptors (Lipinski definition) is 9. The van der Waals surface area contributed by atoms with Crippen molar-refractivity contribution >= 4 is 46.5 Å². The van der Waals surface area contributed by atoms with Gasteiger partial charge in [-0.15, -0.1) is 0 Å². The van der Waals surface area contributed by atoms with Crippen LogP contribution >= 0.6 is 23.4 Å². The van der Waals surface area contributed by atoms with Gasteiger partial charge >= 0.3 is 0 Å². The highest BCUT2D eigenvalue weighted by Gasteiger charge is 2.22. The lowest BCUT2D eigenvalue weighted by molar-refractivity contribution is -0.384. The van der Waals surface area contributed by atoms with E-state index in [9.17, 15) is 14.9 Å². The Bertz CT molecular complexity index is 965. The Kier molecular flexibility index (Phi) is 7.28. The van der Waals surface area contributed by atoms with Crippen molar-refractivity contribution in [3.8, 4) is 0 Å². The fraction of sp³-hybridized carbons (Fsp3) is 0.450. The largest absolute Gasteiger partial charge is 0.378 e. The molecule has 32 heavy (non-hydrogen) atoms. The number of non-ortho nitro benzene ring substituents is 1. The average molecular weight is 479 g/mol. The van der Waals surface area contributed by atoms with Gasteiger partial charge in [0.15, 0.2) is 5.16 Å². The first-order valence-electron chi connectivity index (χ1n) is 10.3. The van der Waals surface area contributed by atoms with Gasteiger partial charge in [-0.25, -0.2) is 9.97 Å². The van der Waals surface area contributed by atoms with Gasteiger partial charge < -0.3 is 19.4 Å². The molecule has 0 unspecified atom stereocenters. The number of nitro groups is 1. The number of halogens is 1. The third kappa shape index (κ3) is 5.59. The van der Waals surface area contributed by atoms with Crippen LogP contribution in [0, 0.1) is 10.1 Å². The van der Waals surface area contributed by atoms with Crippen molar-refractivity contribution in [2.75, 3.05) is 68.0 Å². The second-order valence-corrected chi connectivity index (χ2v) is 8.69. The van der Waals surface area contributed by atoms with Crippen LogP contribution in [0.3, 0.4) is 0 Å². The topological polar surface area (TPSA) is 105 Å². The summed E-state index contributed by atoms with van der Waals surface area (Å²) in [5.41, 5.74) is 0.986. The number of hydrogen-bond donors (Lipinski definition) is 0. The lowest BCUT2D eigenvalue weighted by atomic mass is 10.2. The SMILES string of the molecule is O=C(CSc1nc(Cl)cc(N2CCOCC2)n1)N1CCN(c2ccc([N+](=O)[O-])cc2)CC1. The second-order valence-electron chi connectivity index (χ2n) is 7.36. The highest BCUT2D eigenvalue weighted by molar-refractivity contribution is 7.99. The Morgan fingerprint density at radius 3 is 2.41 bits per heavy atom. The maximum Gasteiger partial charge on any atom is 0.269 e. The van der Waals surface area contributed by atoms with Crippen LogP contribution < -0.4 is 9.80 Å². The summed E-state index contributed by atoms with van der Waals surface area (Å²) in [6, 6.07) is 8.22. The summed E-state index contributed by atoms with van der Waals surface area (Å²) in [6.07, 6.45) is 0. The number of carbonyl (C=O) groups excluding carboxylic acids is 1. The van der Waals surface area contributed by atoms with Crippen molar-refractivity contribution in [2.45, 2.75) is 5.16 Å². The third-order valence-corrected chi connectivity index (χ3v) is 6.40. The van der Waals surface area contributed by atoms with Crippen LogP contribution in [0.4, 0.5) is 17.2 Å². The van der Waals surface area contributed by atoms with Crippen LogP contribution in [-0.4, -0.2) is 83.9 Å². The van der Waals surface area contributed by atoms with Crippen LogP contribution in [-0.2, 0) is 9.53 Å². The van der Waals surface area contributed by atoms with E-state index in [1.807, 2.05) is 4.90 Å². The molecule has 4 rings (SSSR count). The molecule has 0 bridgehead atoms. The molecular weight excluding hydrogens is 456 g/mol. The zero-order valence-corrected chi connectivity index (χ0v) is 18.9. The molecule has 0 saturated carbocycles. The Labute approximate surface area is 194 Å². The Morgan fingerprint density at radius 2 is 1.75 bits per heavy atom. The first-order valence-corrected chi connectivity index (χ1v) is 11.6. The van der Waals surface area contributed by atoms with Gasteiger partial charge in [0, 0.05) is 63.2 Å². The van der Waals surface area contributed by atoms with Gasteiger partial charge in [0.1, 0.15) is 11.0 Å². The number of piperazine rings is 1. The van der Waals surface area contributed by atoms with E-state index in [1.54, 1.807) is 18.2 Å². The van der Waals surface area contributed by atoms with Crippen molar-refractivity contribution in [3.05, 3.63) is 45.6 Å². The van der Waals surface area contributed by atoms with Gasteiger partial charge in [-0.05, 0) is 12.1 Å². The van der Waals surface area contributed by atoms with Gasteiger partial charge in [0.2, 0.25) is 5.91 Å². The van der Waals surface area contributed by atoms with Crippen LogP contribution in [0.2, 0.25) is 5.15 Å². The number of carbonyl (C=O) groups is 1. The summed E-state index contributed by atoms with van der Waals surface area (Å²) in [4.78, 5) is 37.9. The molecule has 12 heteroatoms. The lowest BCUT2D eigenvalue weighted by Crippen LogP contribution is -2.49. The number of nitrogens with zero attached hydrogens (tertiary/aromatic N) is 6. The maximum absolute atomic E-state index is 12.7. The molecule has 3 heterocycles. The molecule has 170 valence electrons. The number of benzene rings is 1. The quantitative estimate of drug-likeness (QED) is 0.203. The molecule has 2 aliphatic rings. The molecule has 0 aliphatic carbocycles. The van der Waals surface area contributed by atoms with Gasteiger partial charge in [0.25, 0.3) is 5.69 Å². The number of ether oxygens (including phenoxy) is 1. The zero-order chi connectivity index (χ0) is 22.5. The summed E-state index contributed by atoms with van der Waals surface area (Å²) in [5.74, 6) is 1.01. The van der Waals surface area contributed by atoms with E-state index in [-0.39, 0.29) is 17.3 Å². The van der Waals surface area contributed by atoms with Gasteiger partial charge in [-0.3, -0.25) is 14.9 Å². The molecule has 2 fully saturated rings. The predicted octanol–water partition coefficient (Wildman–Crippen LogP) is 2.32. The standard InChI is InChI=1S/C20H23ClN6O4S/c21-17-13-18(25-9-11-31-12-10-25)23-20(22-17)32-14-19(28)26-7-5-24(6-8-26)15-1-3-16(4-2-15)27(29)30/h1-4,13H,5-12,14H2. The normalized spacial score (nSPS) is 16.8. The Hall–Kier alpha value is -2.63. The number of anilines is 2. The average Bonchev–Trinajstić information content (AvgIpc) is 2.83. The minimum Gasteiger partial charge on any atom is -0.378 e. The molecule has 0 N–H and O–H groups in total. The Balaban J connectivity index is 1.29. The molecule has 1 amide bonds. The molecule has 0 spiro atoms. The highest BCUT2D eigenvalue weighted by atomic mass is 35.5. The van der Waals surface area contributed by atoms with Gasteiger partial charge in [-0.1, -0.05) is 23.4 Å². The van der Waals surface area contributed by atoms with E-state index < -0.39 is 4.92 Å². The minimum absolute atomic E-state index is 0.0230. The number of nitro benzene ring substituents is 1. The van der Waals surface area contributed by atoms with E-state index in [1.165, 1.54) is 23.9 Å². The van der Waals surface area contributed by atoms with E-state index in [2.05, 4.69) is 19.8 Å². The monoisotopic (exact) mass is 478 g/mol. The molecule has 10 nitrogen and oxygen atoms in total. The molecule has 2 aromatic rings. The summed E-state index contributed by atoms with van der Waals surface area (Å²) in [6.45, 7) is 5.30. The van der Waals surface area contributed by atoms with Gasteiger partial charge in [-0.2, -0.15) is 0 Å². The van der Waals surface area contributed by atoms with Crippen LogP contribution in [0.5, 0.6) is 0 Å². The number of rotatable bonds is 6. The molecule has 1 aromatic carbocycles. The van der Waals surface area contributed by atoms with Gasteiger partial charge in [0.05, 0.1) is 23.9 Å². The van der Waals surface area contributed by atoms with Crippen LogP contribution in [0.15, 0.2) is 35.5 Å². The fourth-order valence-corrected chi connectivity index (χ4v) is 4.61. The van der Waals surface area contributed by atoms with Crippen molar-refractivity contribution in [1.82, 2.24) is 14.9 Å². The summed E-state index contributed by atoms with van der Waals surface area (Å²) < 4.78 is 5.37. The number of amides is 1. The van der Waals surface area contributed by atoms with E-state index in [4.69, 9.17) is 16.3 Å². The molecule has 2 saturated heterocycles. The smallest absolute Gasteiger partial charge is 0.269 e. The molecule has 2 aliphatic heterocycles. The first kappa shape index (κ1) is 22.6. The number of thioether (sulfide) groups is 1. The van der Waals surface area contributed by atoms with Crippen molar-refractivity contribution < 1.29 is 14.5 Å². The predicted molar refractivity (Wildman–Crippen MR) is 123 cm³/mol. The zero-order valence-electron chi connectivity index (χ0n) is 17.4. The van der Waals surface area contributed by atoms with Crippen molar-refractivity contribution in [2.24, 2.45) is 0 Å². The second kappa shape index (κ2) is 10.3. The van der Waals surface area contributed by atoms with Crippen molar-refractivity contribution in [1.29, 1.82) is 0 Å². The lowest BCUT2D eigenvalue weighted by Gasteiger charge is -2.36. The summed E-state index contributed by atoms with van der Waals surface area (Å²) in [7, 11) is 0. The molecular formula is C20H23ClN6O4S. The fourth-order valence-electron chi connectivity index (χ4n) is 3.62. The Morgan fingerprint density at radius 1 is 1.06 bits per heavy atom. The third-order valence-electron chi connectivity index (χ3n) is 5.38.